The summed E-state index contributed by atoms with van der Waals surface area (Å²) in [6.45, 7) is 3.99. The first-order valence-corrected chi connectivity index (χ1v) is 12.0. The fraction of sp³-hybridized carbons (Fsp3) is 0.200. The third-order valence-corrected chi connectivity index (χ3v) is 7.08. The topological polar surface area (TPSA) is 115 Å². The minimum atomic E-state index is -0.514. The standard InChI is InChI=1S/C25H24FN7O2S/c1-12-10-27-21(29-12)17-8-7-15(18-11-28-22(34)20(17)18)16-6-5-14(9-19(16)26)31-24(35)32-23-13(2)30-25(36-23)33(3)4/h5-10H,11H2,1-4H3,(H,27,29)(H,28,34)(H2,31,32,35). The van der Waals surface area contributed by atoms with Crippen molar-refractivity contribution in [1.29, 1.82) is 0 Å². The van der Waals surface area contributed by atoms with Gasteiger partial charge in [0, 0.05) is 49.3 Å². The lowest BCUT2D eigenvalue weighted by Gasteiger charge is -2.13. The molecule has 0 fully saturated rings. The van der Waals surface area contributed by atoms with Gasteiger partial charge in [-0.3, -0.25) is 10.1 Å². The summed E-state index contributed by atoms with van der Waals surface area (Å²) >= 11 is 1.35. The van der Waals surface area contributed by atoms with E-state index < -0.39 is 11.8 Å². The van der Waals surface area contributed by atoms with Crippen LogP contribution in [-0.2, 0) is 6.54 Å². The molecule has 4 N–H and O–H groups in total. The molecule has 3 heterocycles. The first-order chi connectivity index (χ1) is 17.2. The highest BCUT2D eigenvalue weighted by Crippen LogP contribution is 2.37. The van der Waals surface area contributed by atoms with Gasteiger partial charge in [0.05, 0.1) is 11.3 Å². The molecule has 1 aliphatic rings. The minimum Gasteiger partial charge on any atom is -0.354 e. The Morgan fingerprint density at radius 1 is 1.11 bits per heavy atom. The second kappa shape index (κ2) is 9.08. The van der Waals surface area contributed by atoms with Crippen LogP contribution in [-0.4, -0.2) is 41.0 Å². The lowest BCUT2D eigenvalue weighted by atomic mass is 9.92. The number of fused-ring (bicyclic) bond motifs is 1. The molecule has 0 saturated carbocycles. The van der Waals surface area contributed by atoms with Crippen LogP contribution in [0.1, 0.15) is 27.3 Å². The van der Waals surface area contributed by atoms with Gasteiger partial charge >= 0.3 is 6.03 Å². The summed E-state index contributed by atoms with van der Waals surface area (Å²) in [4.78, 5) is 38.9. The molecule has 0 radical (unpaired) electrons. The van der Waals surface area contributed by atoms with E-state index >= 15 is 4.39 Å². The number of hydrogen-bond donors (Lipinski definition) is 4. The lowest BCUT2D eigenvalue weighted by molar-refractivity contribution is 0.0966. The van der Waals surface area contributed by atoms with E-state index in [9.17, 15) is 9.59 Å². The van der Waals surface area contributed by atoms with E-state index in [1.54, 1.807) is 30.5 Å². The van der Waals surface area contributed by atoms with Crippen LogP contribution in [0, 0.1) is 19.7 Å². The minimum absolute atomic E-state index is 0.220. The van der Waals surface area contributed by atoms with Gasteiger partial charge in [0.2, 0.25) is 0 Å². The van der Waals surface area contributed by atoms with Gasteiger partial charge in [-0.2, -0.15) is 0 Å². The zero-order valence-electron chi connectivity index (χ0n) is 20.1. The number of halogens is 1. The van der Waals surface area contributed by atoms with Crippen LogP contribution in [0.15, 0.2) is 36.5 Å². The van der Waals surface area contributed by atoms with Gasteiger partial charge in [-0.15, -0.1) is 0 Å². The number of hydrogen-bond acceptors (Lipinski definition) is 6. The number of aryl methyl sites for hydroxylation is 2. The van der Waals surface area contributed by atoms with E-state index in [2.05, 4.69) is 30.9 Å². The molecule has 0 atom stereocenters. The number of nitrogens with zero attached hydrogens (tertiary/aromatic N) is 3. The number of urea groups is 1. The molecular weight excluding hydrogens is 481 g/mol. The average molecular weight is 506 g/mol. The zero-order chi connectivity index (χ0) is 25.6. The van der Waals surface area contributed by atoms with E-state index in [4.69, 9.17) is 0 Å². The lowest BCUT2D eigenvalue weighted by Crippen LogP contribution is -2.19. The molecule has 4 aromatic rings. The van der Waals surface area contributed by atoms with Crippen molar-refractivity contribution in [1.82, 2.24) is 20.3 Å². The Hall–Kier alpha value is -4.25. The molecule has 0 aliphatic carbocycles. The summed E-state index contributed by atoms with van der Waals surface area (Å²) in [5.41, 5.74) is 4.69. The molecule has 3 amide bonds. The monoisotopic (exact) mass is 505 g/mol. The fourth-order valence-corrected chi connectivity index (χ4v) is 5.00. The third kappa shape index (κ3) is 4.29. The summed E-state index contributed by atoms with van der Waals surface area (Å²) in [6, 6.07) is 7.56. The summed E-state index contributed by atoms with van der Waals surface area (Å²) in [6.07, 6.45) is 1.70. The Balaban J connectivity index is 1.40. The number of rotatable bonds is 5. The van der Waals surface area contributed by atoms with Gasteiger partial charge in [0.25, 0.3) is 5.91 Å². The molecule has 0 saturated heterocycles. The largest absolute Gasteiger partial charge is 0.354 e. The summed E-state index contributed by atoms with van der Waals surface area (Å²) in [5, 5.41) is 9.65. The van der Waals surface area contributed by atoms with Crippen molar-refractivity contribution in [2.75, 3.05) is 29.6 Å². The number of aromatic nitrogens is 3. The number of carbonyl (C=O) groups excluding carboxylic acids is 2. The smallest absolute Gasteiger partial charge is 0.324 e. The Labute approximate surface area is 210 Å². The number of benzene rings is 2. The average Bonchev–Trinajstić information content (AvgIpc) is 3.53. The van der Waals surface area contributed by atoms with Gasteiger partial charge in [0.1, 0.15) is 16.6 Å². The fourth-order valence-electron chi connectivity index (χ4n) is 4.11. The normalized spacial score (nSPS) is 12.3. The van der Waals surface area contributed by atoms with E-state index in [0.29, 0.717) is 56.6 Å². The number of imidazole rings is 1. The number of amides is 3. The Morgan fingerprint density at radius 2 is 1.86 bits per heavy atom. The molecule has 5 rings (SSSR count). The Morgan fingerprint density at radius 3 is 2.53 bits per heavy atom. The maximum Gasteiger partial charge on any atom is 0.324 e. The van der Waals surface area contributed by atoms with Gasteiger partial charge in [-0.1, -0.05) is 17.4 Å². The second-order valence-corrected chi connectivity index (χ2v) is 9.67. The van der Waals surface area contributed by atoms with Crippen molar-refractivity contribution >= 4 is 39.1 Å². The highest BCUT2D eigenvalue weighted by Gasteiger charge is 2.28. The van der Waals surface area contributed by atoms with Crippen LogP contribution >= 0.6 is 11.3 Å². The van der Waals surface area contributed by atoms with E-state index in [1.807, 2.05) is 32.8 Å². The van der Waals surface area contributed by atoms with Gasteiger partial charge in [-0.25, -0.2) is 19.2 Å². The highest BCUT2D eigenvalue weighted by molar-refractivity contribution is 7.19. The molecule has 0 bridgehead atoms. The summed E-state index contributed by atoms with van der Waals surface area (Å²) in [7, 11) is 3.75. The number of H-pyrrole nitrogens is 1. The molecule has 0 spiro atoms. The maximum absolute atomic E-state index is 15.3. The molecular formula is C25H24FN7O2S. The van der Waals surface area contributed by atoms with Crippen LogP contribution in [0.4, 0.5) is 25.0 Å². The van der Waals surface area contributed by atoms with Crippen molar-refractivity contribution < 1.29 is 14.0 Å². The molecule has 0 unspecified atom stereocenters. The first-order valence-electron chi connectivity index (χ1n) is 11.2. The summed E-state index contributed by atoms with van der Waals surface area (Å²) < 4.78 is 15.3. The van der Waals surface area contributed by atoms with E-state index in [1.165, 1.54) is 17.4 Å². The van der Waals surface area contributed by atoms with Crippen LogP contribution in [0.3, 0.4) is 0 Å². The molecule has 9 nitrogen and oxygen atoms in total. The number of aromatic amines is 1. The molecule has 2 aromatic carbocycles. The molecule has 2 aromatic heterocycles. The Kier molecular flexibility index (Phi) is 5.92. The van der Waals surface area contributed by atoms with Crippen molar-refractivity contribution in [3.63, 3.8) is 0 Å². The number of carbonyl (C=O) groups is 2. The van der Waals surface area contributed by atoms with Crippen molar-refractivity contribution in [2.45, 2.75) is 20.4 Å². The maximum atomic E-state index is 15.3. The molecule has 184 valence electrons. The van der Waals surface area contributed by atoms with Crippen molar-refractivity contribution in [3.05, 3.63) is 64.9 Å². The van der Waals surface area contributed by atoms with E-state index in [-0.39, 0.29) is 5.91 Å². The molecule has 1 aliphatic heterocycles. The van der Waals surface area contributed by atoms with Gasteiger partial charge in [0.15, 0.2) is 5.13 Å². The predicted octanol–water partition coefficient (Wildman–Crippen LogP) is 4.91. The van der Waals surface area contributed by atoms with Crippen molar-refractivity contribution in [2.24, 2.45) is 0 Å². The number of anilines is 3. The summed E-state index contributed by atoms with van der Waals surface area (Å²) in [5.74, 6) is -0.144. The Bertz CT molecular complexity index is 1510. The van der Waals surface area contributed by atoms with Gasteiger partial charge in [-0.05, 0) is 49.2 Å². The van der Waals surface area contributed by atoms with Crippen molar-refractivity contribution in [3.8, 4) is 22.5 Å². The molecule has 11 heteroatoms. The zero-order valence-corrected chi connectivity index (χ0v) is 20.9. The second-order valence-electron chi connectivity index (χ2n) is 8.69. The van der Waals surface area contributed by atoms with Gasteiger partial charge < -0.3 is 20.5 Å². The first kappa shape index (κ1) is 23.5. The highest BCUT2D eigenvalue weighted by atomic mass is 32.1. The van der Waals surface area contributed by atoms with Crippen LogP contribution in [0.5, 0.6) is 0 Å². The van der Waals surface area contributed by atoms with Crippen LogP contribution in [0.25, 0.3) is 22.5 Å². The molecule has 36 heavy (non-hydrogen) atoms. The quantitative estimate of drug-likeness (QED) is 0.308. The third-order valence-electron chi connectivity index (χ3n) is 5.84. The number of thiazole rings is 1. The van der Waals surface area contributed by atoms with Crippen LogP contribution in [0.2, 0.25) is 0 Å². The van der Waals surface area contributed by atoms with Crippen LogP contribution < -0.4 is 20.9 Å². The SMILES string of the molecule is Cc1cnc(-c2ccc(-c3ccc(NC(=O)Nc4sc(N(C)C)nc4C)cc3F)c3c2C(=O)NC3)[nH]1. The number of nitrogens with one attached hydrogen (secondary N) is 4. The van der Waals surface area contributed by atoms with E-state index in [0.717, 1.165) is 10.8 Å². The predicted molar refractivity (Wildman–Crippen MR) is 139 cm³/mol.